The lowest BCUT2D eigenvalue weighted by molar-refractivity contribution is -0.110. The molecule has 0 aliphatic heterocycles. The Bertz CT molecular complexity index is 105. The highest BCUT2D eigenvalue weighted by molar-refractivity contribution is 7.98. The third-order valence-corrected chi connectivity index (χ3v) is 1.96. The fraction of sp³-hybridized carbons (Fsp3) is 0.778. The van der Waals surface area contributed by atoms with Gasteiger partial charge >= 0.3 is 0 Å². The van der Waals surface area contributed by atoms with E-state index in [1.54, 1.807) is 11.8 Å². The number of carbonyl (C=O) groups excluding carboxylic acids is 2. The minimum Gasteiger partial charge on any atom is -0.303 e. The maximum atomic E-state index is 9.74. The third kappa shape index (κ3) is 16.3. The highest BCUT2D eigenvalue weighted by Crippen LogP contribution is 1.92. The molecule has 72 valence electrons. The van der Waals surface area contributed by atoms with E-state index in [1.807, 2.05) is 20.1 Å². The number of thioether (sulfide) groups is 1. The molecule has 0 saturated carbocycles. The Morgan fingerprint density at radius 2 is 2.00 bits per heavy atom. The van der Waals surface area contributed by atoms with Crippen LogP contribution < -0.4 is 0 Å². The Hall–Kier alpha value is -0.310. The van der Waals surface area contributed by atoms with Gasteiger partial charge in [-0.2, -0.15) is 11.8 Å². The van der Waals surface area contributed by atoms with Gasteiger partial charge in [0.25, 0.3) is 0 Å². The molecule has 0 spiro atoms. The molecule has 0 aromatic carbocycles. The Morgan fingerprint density at radius 1 is 1.42 bits per heavy atom. The summed E-state index contributed by atoms with van der Waals surface area (Å²) in [5.41, 5.74) is 0. The molecule has 0 radical (unpaired) electrons. The van der Waals surface area contributed by atoms with Crippen molar-refractivity contribution < 1.29 is 9.59 Å². The Kier molecular flexibility index (Phi) is 15.8. The van der Waals surface area contributed by atoms with Gasteiger partial charge in [0.15, 0.2) is 0 Å². The second-order valence-corrected chi connectivity index (χ2v) is 3.46. The van der Waals surface area contributed by atoms with Crippen LogP contribution in [-0.4, -0.2) is 24.6 Å². The lowest BCUT2D eigenvalue weighted by Gasteiger charge is -1.89. The molecular weight excluding hydrogens is 172 g/mol. The summed E-state index contributed by atoms with van der Waals surface area (Å²) in [6.45, 7) is 3.91. The van der Waals surface area contributed by atoms with E-state index in [2.05, 4.69) is 0 Å². The number of rotatable bonds is 5. The molecule has 0 amide bonds. The predicted octanol–water partition coefficient (Wildman–Crippen LogP) is 2.17. The van der Waals surface area contributed by atoms with Gasteiger partial charge in [0.2, 0.25) is 0 Å². The average Bonchev–Trinajstić information content (AvgIpc) is 2.14. The van der Waals surface area contributed by atoms with E-state index >= 15 is 0 Å². The normalized spacial score (nSPS) is 10.9. The van der Waals surface area contributed by atoms with Crippen molar-refractivity contribution in [2.45, 2.75) is 26.7 Å². The number of carbonyl (C=O) groups is 2. The predicted molar refractivity (Wildman–Crippen MR) is 54.6 cm³/mol. The van der Waals surface area contributed by atoms with Gasteiger partial charge in [-0.05, 0) is 18.4 Å². The number of hydrogen-bond acceptors (Lipinski definition) is 3. The summed E-state index contributed by atoms with van der Waals surface area (Å²) in [5, 5.41) is 0. The monoisotopic (exact) mass is 190 g/mol. The Labute approximate surface area is 79.1 Å². The van der Waals surface area contributed by atoms with Crippen LogP contribution in [0.1, 0.15) is 26.7 Å². The highest BCUT2D eigenvalue weighted by Gasteiger charge is 1.89. The van der Waals surface area contributed by atoms with E-state index in [-0.39, 0.29) is 5.92 Å². The van der Waals surface area contributed by atoms with Crippen LogP contribution in [0.4, 0.5) is 0 Å². The lowest BCUT2D eigenvalue weighted by Crippen LogP contribution is -1.89. The van der Waals surface area contributed by atoms with Crippen molar-refractivity contribution in [3.8, 4) is 0 Å². The van der Waals surface area contributed by atoms with E-state index in [4.69, 9.17) is 0 Å². The van der Waals surface area contributed by atoms with E-state index in [0.717, 1.165) is 24.7 Å². The van der Waals surface area contributed by atoms with Gasteiger partial charge in [-0.1, -0.05) is 13.8 Å². The van der Waals surface area contributed by atoms with E-state index in [0.29, 0.717) is 6.42 Å². The summed E-state index contributed by atoms with van der Waals surface area (Å²) in [6.07, 6.45) is 5.56. The van der Waals surface area contributed by atoms with Crippen LogP contribution >= 0.6 is 11.8 Å². The summed E-state index contributed by atoms with van der Waals surface area (Å²) in [6, 6.07) is 0. The van der Waals surface area contributed by atoms with Gasteiger partial charge in [-0.15, -0.1) is 0 Å². The first-order valence-corrected chi connectivity index (χ1v) is 5.50. The molecule has 0 saturated heterocycles. The van der Waals surface area contributed by atoms with Crippen LogP contribution in [0.5, 0.6) is 0 Å². The quantitative estimate of drug-likeness (QED) is 0.492. The fourth-order valence-corrected chi connectivity index (χ4v) is 0.594. The van der Waals surface area contributed by atoms with Crippen LogP contribution in [0.25, 0.3) is 0 Å². The zero-order valence-corrected chi connectivity index (χ0v) is 8.89. The standard InChI is InChI=1S/C5H10O.C4H8OS/c1-3-5(2)4-6;1-6-4-2-3-5/h4-5H,3H2,1-2H3;3H,2,4H2,1H3. The molecule has 12 heavy (non-hydrogen) atoms. The first-order chi connectivity index (χ1) is 5.72. The van der Waals surface area contributed by atoms with E-state index < -0.39 is 0 Å². The summed E-state index contributed by atoms with van der Waals surface area (Å²) in [4.78, 5) is 19.3. The largest absolute Gasteiger partial charge is 0.303 e. The average molecular weight is 190 g/mol. The van der Waals surface area contributed by atoms with Gasteiger partial charge in [-0.25, -0.2) is 0 Å². The first-order valence-electron chi connectivity index (χ1n) is 4.10. The molecule has 3 heteroatoms. The van der Waals surface area contributed by atoms with E-state index in [1.165, 1.54) is 0 Å². The zero-order valence-electron chi connectivity index (χ0n) is 8.08. The summed E-state index contributed by atoms with van der Waals surface area (Å²) in [5.74, 6) is 1.22. The second-order valence-electron chi connectivity index (χ2n) is 2.47. The molecule has 0 aromatic heterocycles. The van der Waals surface area contributed by atoms with Crippen molar-refractivity contribution in [3.63, 3.8) is 0 Å². The van der Waals surface area contributed by atoms with Crippen LogP contribution in [0.2, 0.25) is 0 Å². The summed E-state index contributed by atoms with van der Waals surface area (Å²) < 4.78 is 0. The van der Waals surface area contributed by atoms with Crippen molar-refractivity contribution in [1.82, 2.24) is 0 Å². The highest BCUT2D eigenvalue weighted by atomic mass is 32.2. The third-order valence-electron chi connectivity index (χ3n) is 1.32. The smallest absolute Gasteiger partial charge is 0.122 e. The molecule has 1 unspecified atom stereocenters. The molecule has 1 atom stereocenters. The SMILES string of the molecule is CCC(C)C=O.CSCCC=O. The molecule has 0 rings (SSSR count). The van der Waals surface area contributed by atoms with Crippen LogP contribution in [0.15, 0.2) is 0 Å². The summed E-state index contributed by atoms with van der Waals surface area (Å²) >= 11 is 1.69. The second kappa shape index (κ2) is 13.3. The van der Waals surface area contributed by atoms with Crippen LogP contribution in [0, 0.1) is 5.92 Å². The molecule has 0 N–H and O–H groups in total. The van der Waals surface area contributed by atoms with Gasteiger partial charge in [-0.3, -0.25) is 0 Å². The van der Waals surface area contributed by atoms with E-state index in [9.17, 15) is 9.59 Å². The van der Waals surface area contributed by atoms with Crippen molar-refractivity contribution >= 4 is 24.3 Å². The molecule has 0 heterocycles. The minimum atomic E-state index is 0.255. The van der Waals surface area contributed by atoms with Gasteiger partial charge in [0.1, 0.15) is 12.6 Å². The maximum Gasteiger partial charge on any atom is 0.122 e. The first kappa shape index (κ1) is 14.2. The minimum absolute atomic E-state index is 0.255. The fourth-order valence-electron chi connectivity index (χ4n) is 0.262. The molecule has 2 nitrogen and oxygen atoms in total. The van der Waals surface area contributed by atoms with Crippen LogP contribution in [-0.2, 0) is 9.59 Å². The van der Waals surface area contributed by atoms with Crippen LogP contribution in [0.3, 0.4) is 0 Å². The Morgan fingerprint density at radius 3 is 2.08 bits per heavy atom. The van der Waals surface area contributed by atoms with Crippen molar-refractivity contribution in [3.05, 3.63) is 0 Å². The molecule has 0 aliphatic carbocycles. The molecule has 0 bridgehead atoms. The van der Waals surface area contributed by atoms with Crippen molar-refractivity contribution in [1.29, 1.82) is 0 Å². The molecule has 0 aliphatic rings. The van der Waals surface area contributed by atoms with Crippen molar-refractivity contribution in [2.24, 2.45) is 5.92 Å². The van der Waals surface area contributed by atoms with Gasteiger partial charge in [0, 0.05) is 12.3 Å². The number of aldehydes is 2. The molecule has 0 aromatic rings. The maximum absolute atomic E-state index is 9.74. The molecule has 0 fully saturated rings. The molecular formula is C9H18O2S. The van der Waals surface area contributed by atoms with Crippen molar-refractivity contribution in [2.75, 3.05) is 12.0 Å². The lowest BCUT2D eigenvalue weighted by atomic mass is 10.2. The zero-order chi connectivity index (χ0) is 9.82. The van der Waals surface area contributed by atoms with Gasteiger partial charge in [0.05, 0.1) is 0 Å². The number of hydrogen-bond donors (Lipinski definition) is 0. The van der Waals surface area contributed by atoms with Gasteiger partial charge < -0.3 is 9.59 Å². The topological polar surface area (TPSA) is 34.1 Å². The Balaban J connectivity index is 0. The summed E-state index contributed by atoms with van der Waals surface area (Å²) in [7, 11) is 0.